The summed E-state index contributed by atoms with van der Waals surface area (Å²) in [6, 6.07) is 3.35. The number of ether oxygens (including phenoxy) is 1. The van der Waals surface area contributed by atoms with Crippen LogP contribution >= 0.6 is 0 Å². The first-order valence-corrected chi connectivity index (χ1v) is 5.92. The van der Waals surface area contributed by atoms with Gasteiger partial charge in [-0.2, -0.15) is 0 Å². The van der Waals surface area contributed by atoms with E-state index in [4.69, 9.17) is 10.5 Å². The van der Waals surface area contributed by atoms with E-state index in [9.17, 15) is 9.90 Å². The third-order valence-electron chi connectivity index (χ3n) is 2.97. The van der Waals surface area contributed by atoms with Gasteiger partial charge in [0, 0.05) is 25.9 Å². The number of hydrogen-bond donors (Lipinski definition) is 2. The molecule has 1 aromatic heterocycles. The van der Waals surface area contributed by atoms with Crippen LogP contribution in [0.5, 0.6) is 0 Å². The van der Waals surface area contributed by atoms with Crippen LogP contribution in [-0.2, 0) is 4.74 Å². The molecule has 1 fully saturated rings. The summed E-state index contributed by atoms with van der Waals surface area (Å²) in [7, 11) is 0. The van der Waals surface area contributed by atoms with Crippen molar-refractivity contribution in [1.29, 1.82) is 0 Å². The lowest BCUT2D eigenvalue weighted by molar-refractivity contribution is -0.00189. The van der Waals surface area contributed by atoms with Crippen molar-refractivity contribution >= 4 is 11.7 Å². The Kier molecular flexibility index (Phi) is 3.78. The van der Waals surface area contributed by atoms with E-state index >= 15 is 0 Å². The van der Waals surface area contributed by atoms with Crippen molar-refractivity contribution in [3.63, 3.8) is 0 Å². The van der Waals surface area contributed by atoms with E-state index in [2.05, 4.69) is 4.98 Å². The number of carbonyl (C=O) groups excluding carboxylic acids is 1. The van der Waals surface area contributed by atoms with Gasteiger partial charge in [-0.05, 0) is 19.1 Å². The first-order valence-electron chi connectivity index (χ1n) is 5.92. The third kappa shape index (κ3) is 2.60. The zero-order valence-corrected chi connectivity index (χ0v) is 10.2. The molecule has 0 aliphatic carbocycles. The average molecular weight is 251 g/mol. The van der Waals surface area contributed by atoms with Crippen molar-refractivity contribution in [2.24, 2.45) is 5.73 Å². The van der Waals surface area contributed by atoms with Gasteiger partial charge in [-0.15, -0.1) is 0 Å². The highest BCUT2D eigenvalue weighted by atomic mass is 16.5. The monoisotopic (exact) mass is 251 g/mol. The van der Waals surface area contributed by atoms with E-state index in [0.29, 0.717) is 31.1 Å². The van der Waals surface area contributed by atoms with Crippen LogP contribution in [0.25, 0.3) is 0 Å². The molecule has 1 aliphatic heterocycles. The molecular weight excluding hydrogens is 234 g/mol. The lowest BCUT2D eigenvalue weighted by atomic mass is 10.2. The van der Waals surface area contributed by atoms with Crippen molar-refractivity contribution < 1.29 is 14.6 Å². The maximum absolute atomic E-state index is 10.9. The van der Waals surface area contributed by atoms with Gasteiger partial charge in [-0.3, -0.25) is 4.79 Å². The minimum Gasteiger partial charge on any atom is -0.388 e. The normalized spacial score (nSPS) is 23.3. The number of nitrogens with two attached hydrogens (primary N) is 1. The molecular formula is C12H17N3O3. The second kappa shape index (κ2) is 5.32. The minimum atomic E-state index is -0.512. The second-order valence-corrected chi connectivity index (χ2v) is 4.24. The van der Waals surface area contributed by atoms with Crippen LogP contribution in [0.2, 0.25) is 0 Å². The van der Waals surface area contributed by atoms with Gasteiger partial charge in [0.25, 0.3) is 0 Å². The SMILES string of the molecule is CCO[C@H]1CN(c2ccc(C(N)=O)cn2)C[C@@H]1O. The Bertz CT molecular complexity index is 421. The number of β-amino-alcohol motifs (C(OH)–C–C–N with tert-alkyl or cyclic N) is 1. The van der Waals surface area contributed by atoms with Crippen LogP contribution in [0.1, 0.15) is 17.3 Å². The van der Waals surface area contributed by atoms with E-state index in [1.54, 1.807) is 12.1 Å². The number of aliphatic hydroxyl groups is 1. The summed E-state index contributed by atoms with van der Waals surface area (Å²) >= 11 is 0. The molecule has 0 radical (unpaired) electrons. The summed E-state index contributed by atoms with van der Waals surface area (Å²) in [4.78, 5) is 17.0. The second-order valence-electron chi connectivity index (χ2n) is 4.24. The van der Waals surface area contributed by atoms with Crippen LogP contribution in [0.3, 0.4) is 0 Å². The average Bonchev–Trinajstić information content (AvgIpc) is 2.72. The van der Waals surface area contributed by atoms with Gasteiger partial charge in [-0.25, -0.2) is 4.98 Å². The quantitative estimate of drug-likeness (QED) is 0.771. The number of amides is 1. The number of aliphatic hydroxyl groups excluding tert-OH is 1. The van der Waals surface area contributed by atoms with E-state index in [-0.39, 0.29) is 6.10 Å². The highest BCUT2D eigenvalue weighted by molar-refractivity contribution is 5.92. The molecule has 0 spiro atoms. The summed E-state index contributed by atoms with van der Waals surface area (Å²) in [6.07, 6.45) is 0.744. The fourth-order valence-electron chi connectivity index (χ4n) is 2.04. The molecule has 2 atom stereocenters. The fourth-order valence-corrected chi connectivity index (χ4v) is 2.04. The van der Waals surface area contributed by atoms with E-state index in [1.807, 2.05) is 11.8 Å². The first kappa shape index (κ1) is 12.8. The maximum Gasteiger partial charge on any atom is 0.250 e. The molecule has 0 aromatic carbocycles. The van der Waals surface area contributed by atoms with Crippen molar-refractivity contribution in [3.8, 4) is 0 Å². The number of carbonyl (C=O) groups is 1. The number of pyridine rings is 1. The van der Waals surface area contributed by atoms with Gasteiger partial charge >= 0.3 is 0 Å². The summed E-state index contributed by atoms with van der Waals surface area (Å²) in [5.74, 6) is 0.212. The van der Waals surface area contributed by atoms with E-state index < -0.39 is 12.0 Å². The number of hydrogen-bond acceptors (Lipinski definition) is 5. The molecule has 3 N–H and O–H groups in total. The number of aromatic nitrogens is 1. The van der Waals surface area contributed by atoms with Crippen LogP contribution in [0, 0.1) is 0 Å². The summed E-state index contributed by atoms with van der Waals surface area (Å²) in [5.41, 5.74) is 5.52. The Morgan fingerprint density at radius 1 is 1.61 bits per heavy atom. The van der Waals surface area contributed by atoms with E-state index in [1.165, 1.54) is 6.20 Å². The van der Waals surface area contributed by atoms with Crippen LogP contribution in [-0.4, -0.2) is 47.9 Å². The van der Waals surface area contributed by atoms with E-state index in [0.717, 1.165) is 0 Å². The summed E-state index contributed by atoms with van der Waals surface area (Å²) in [5, 5.41) is 9.83. The topological polar surface area (TPSA) is 88.7 Å². The van der Waals surface area contributed by atoms with Crippen molar-refractivity contribution in [2.45, 2.75) is 19.1 Å². The standard InChI is InChI=1S/C12H17N3O3/c1-2-18-10-7-15(6-9(10)16)11-4-3-8(5-14-11)12(13)17/h3-5,9-10,16H,2,6-7H2,1H3,(H2,13,17)/t9-,10-/m0/s1. The lowest BCUT2D eigenvalue weighted by Gasteiger charge is -2.16. The van der Waals surface area contributed by atoms with Gasteiger partial charge in [0.1, 0.15) is 11.9 Å². The molecule has 6 heteroatoms. The highest BCUT2D eigenvalue weighted by Gasteiger charge is 2.32. The maximum atomic E-state index is 10.9. The largest absolute Gasteiger partial charge is 0.388 e. The number of primary amides is 1. The predicted molar refractivity (Wildman–Crippen MR) is 66.4 cm³/mol. The molecule has 1 saturated heterocycles. The Hall–Kier alpha value is -1.66. The Morgan fingerprint density at radius 2 is 2.39 bits per heavy atom. The van der Waals surface area contributed by atoms with Gasteiger partial charge in [0.15, 0.2) is 0 Å². The molecule has 1 amide bonds. The van der Waals surface area contributed by atoms with Gasteiger partial charge in [-0.1, -0.05) is 0 Å². The van der Waals surface area contributed by atoms with Crippen LogP contribution < -0.4 is 10.6 Å². The fraction of sp³-hybridized carbons (Fsp3) is 0.500. The Labute approximate surface area is 105 Å². The van der Waals surface area contributed by atoms with Gasteiger partial charge in [0.2, 0.25) is 5.91 Å². The summed E-state index contributed by atoms with van der Waals surface area (Å²) in [6.45, 7) is 3.55. The molecule has 1 aromatic rings. The Morgan fingerprint density at radius 3 is 2.94 bits per heavy atom. The minimum absolute atomic E-state index is 0.187. The predicted octanol–water partition coefficient (Wildman–Crippen LogP) is -0.234. The van der Waals surface area contributed by atoms with Crippen molar-refractivity contribution in [1.82, 2.24) is 4.98 Å². The van der Waals surface area contributed by atoms with Gasteiger partial charge in [0.05, 0.1) is 11.7 Å². The number of rotatable bonds is 4. The number of nitrogens with zero attached hydrogens (tertiary/aromatic N) is 2. The summed E-state index contributed by atoms with van der Waals surface area (Å²) < 4.78 is 5.44. The highest BCUT2D eigenvalue weighted by Crippen LogP contribution is 2.20. The molecule has 0 saturated carbocycles. The molecule has 2 heterocycles. The van der Waals surface area contributed by atoms with Crippen molar-refractivity contribution in [2.75, 3.05) is 24.6 Å². The smallest absolute Gasteiger partial charge is 0.250 e. The molecule has 2 rings (SSSR count). The van der Waals surface area contributed by atoms with Crippen molar-refractivity contribution in [3.05, 3.63) is 23.9 Å². The molecule has 0 unspecified atom stereocenters. The third-order valence-corrected chi connectivity index (χ3v) is 2.97. The van der Waals surface area contributed by atoms with Gasteiger partial charge < -0.3 is 20.5 Å². The molecule has 98 valence electrons. The molecule has 18 heavy (non-hydrogen) atoms. The molecule has 0 bridgehead atoms. The van der Waals surface area contributed by atoms with Crippen LogP contribution in [0.15, 0.2) is 18.3 Å². The Balaban J connectivity index is 2.06. The molecule has 6 nitrogen and oxygen atoms in total. The zero-order chi connectivity index (χ0) is 13.1. The zero-order valence-electron chi connectivity index (χ0n) is 10.2. The van der Waals surface area contributed by atoms with Crippen LogP contribution in [0.4, 0.5) is 5.82 Å². The number of anilines is 1. The lowest BCUT2D eigenvalue weighted by Crippen LogP contribution is -2.26. The first-order chi connectivity index (χ1) is 8.61. The molecule has 1 aliphatic rings.